The maximum absolute atomic E-state index is 13.1. The molecule has 8 nitrogen and oxygen atoms in total. The molecular formula is C26H40N2O6. The molecule has 1 saturated heterocycles. The van der Waals surface area contributed by atoms with Gasteiger partial charge in [0, 0.05) is 25.2 Å². The van der Waals surface area contributed by atoms with Crippen LogP contribution in [0.3, 0.4) is 0 Å². The number of nitrogens with zero attached hydrogens (tertiary/aromatic N) is 2. The van der Waals surface area contributed by atoms with Gasteiger partial charge >= 0.3 is 12.1 Å². The second-order valence-electron chi connectivity index (χ2n) is 10.6. The van der Waals surface area contributed by atoms with Gasteiger partial charge in [-0.3, -0.25) is 9.69 Å². The summed E-state index contributed by atoms with van der Waals surface area (Å²) in [7, 11) is 4.81. The van der Waals surface area contributed by atoms with E-state index < -0.39 is 11.6 Å². The summed E-state index contributed by atoms with van der Waals surface area (Å²) in [6.45, 7) is 6.10. The zero-order valence-corrected chi connectivity index (χ0v) is 21.4. The van der Waals surface area contributed by atoms with Crippen LogP contribution in [-0.2, 0) is 20.7 Å². The lowest BCUT2D eigenvalue weighted by Gasteiger charge is -2.45. The molecule has 1 aromatic rings. The van der Waals surface area contributed by atoms with Crippen molar-refractivity contribution in [2.24, 2.45) is 0 Å². The smallest absolute Gasteiger partial charge is 0.410 e. The third kappa shape index (κ3) is 6.02. The number of aliphatic hydroxyl groups excluding tert-OH is 1. The third-order valence-corrected chi connectivity index (χ3v) is 7.18. The Bertz CT molecular complexity index is 842. The average Bonchev–Trinajstić information content (AvgIpc) is 3.16. The topological polar surface area (TPSA) is 88.5 Å². The number of esters is 1. The van der Waals surface area contributed by atoms with Gasteiger partial charge in [-0.05, 0) is 77.0 Å². The van der Waals surface area contributed by atoms with Gasteiger partial charge in [-0.1, -0.05) is 12.1 Å². The van der Waals surface area contributed by atoms with Gasteiger partial charge in [0.2, 0.25) is 0 Å². The van der Waals surface area contributed by atoms with Gasteiger partial charge in [0.1, 0.15) is 17.4 Å². The van der Waals surface area contributed by atoms with Crippen LogP contribution in [0.4, 0.5) is 4.79 Å². The Morgan fingerprint density at radius 3 is 2.32 bits per heavy atom. The van der Waals surface area contributed by atoms with Gasteiger partial charge in [-0.2, -0.15) is 0 Å². The fraction of sp³-hybridized carbons (Fsp3) is 0.692. The van der Waals surface area contributed by atoms with Crippen LogP contribution in [0.25, 0.3) is 0 Å². The number of carbonyl (C=O) groups excluding carboxylic acids is 2. The number of ether oxygens (including phenoxy) is 3. The standard InChI is InChI=1S/C26H40N2O6/c1-25(2,3)34-24(31)27(4)19-16-26(13-11-20(29)12-14-26)28(17-19)22(23(30)33-6)15-18-7-9-21(32-5)10-8-18/h7-10,19-20,22,29H,11-17H2,1-6H3/t19-,20?,22-,26?/m0/s1. The third-order valence-electron chi connectivity index (χ3n) is 7.18. The SMILES string of the molecule is COC(=O)[C@H](Cc1ccc(OC)cc1)N1C[C@@H](N(C)C(=O)OC(C)(C)C)CC12CCC(O)CC2. The lowest BCUT2D eigenvalue weighted by Crippen LogP contribution is -2.55. The van der Waals surface area contributed by atoms with Crippen molar-refractivity contribution in [2.75, 3.05) is 27.8 Å². The summed E-state index contributed by atoms with van der Waals surface area (Å²) < 4.78 is 16.1. The van der Waals surface area contributed by atoms with Crippen LogP contribution in [-0.4, -0.2) is 84.1 Å². The lowest BCUT2D eigenvalue weighted by molar-refractivity contribution is -0.150. The van der Waals surface area contributed by atoms with Crippen molar-refractivity contribution >= 4 is 12.1 Å². The molecule has 1 aliphatic heterocycles. The fourth-order valence-electron chi connectivity index (χ4n) is 5.31. The van der Waals surface area contributed by atoms with Crippen molar-refractivity contribution < 1.29 is 28.9 Å². The van der Waals surface area contributed by atoms with Crippen LogP contribution >= 0.6 is 0 Å². The van der Waals surface area contributed by atoms with Crippen molar-refractivity contribution in [1.82, 2.24) is 9.80 Å². The summed E-state index contributed by atoms with van der Waals surface area (Å²) in [4.78, 5) is 29.8. The number of likely N-dealkylation sites (N-methyl/N-ethyl adjacent to an activating group) is 1. The first kappa shape index (κ1) is 26.3. The summed E-state index contributed by atoms with van der Waals surface area (Å²) in [5, 5.41) is 10.2. The van der Waals surface area contributed by atoms with Gasteiger partial charge in [-0.25, -0.2) is 4.79 Å². The molecule has 0 radical (unpaired) electrons. The molecule has 1 spiro atoms. The number of carbonyl (C=O) groups is 2. The van der Waals surface area contributed by atoms with Gasteiger partial charge in [0.15, 0.2) is 0 Å². The number of aliphatic hydroxyl groups is 1. The number of methoxy groups -OCH3 is 2. The highest BCUT2D eigenvalue weighted by molar-refractivity contribution is 5.76. The van der Waals surface area contributed by atoms with Crippen LogP contribution in [0.5, 0.6) is 5.75 Å². The predicted octanol–water partition coefficient (Wildman–Crippen LogP) is 3.39. The summed E-state index contributed by atoms with van der Waals surface area (Å²) in [6.07, 6.45) is 3.41. The van der Waals surface area contributed by atoms with E-state index in [0.29, 0.717) is 25.8 Å². The van der Waals surface area contributed by atoms with E-state index in [2.05, 4.69) is 4.90 Å². The molecule has 0 aromatic heterocycles. The number of hydrogen-bond donors (Lipinski definition) is 1. The van der Waals surface area contributed by atoms with Crippen molar-refractivity contribution in [3.63, 3.8) is 0 Å². The molecule has 1 aromatic carbocycles. The van der Waals surface area contributed by atoms with Crippen LogP contribution < -0.4 is 4.74 Å². The van der Waals surface area contributed by atoms with Crippen molar-refractivity contribution in [1.29, 1.82) is 0 Å². The van der Waals surface area contributed by atoms with E-state index >= 15 is 0 Å². The van der Waals surface area contributed by atoms with Crippen LogP contribution in [0.2, 0.25) is 0 Å². The average molecular weight is 477 g/mol. The molecule has 2 aliphatic rings. The normalized spacial score (nSPS) is 26.2. The zero-order chi connectivity index (χ0) is 25.1. The van der Waals surface area contributed by atoms with E-state index in [0.717, 1.165) is 30.6 Å². The summed E-state index contributed by atoms with van der Waals surface area (Å²) >= 11 is 0. The van der Waals surface area contributed by atoms with Crippen molar-refractivity contribution in [3.8, 4) is 5.75 Å². The summed E-state index contributed by atoms with van der Waals surface area (Å²) in [5.74, 6) is 0.471. The molecule has 0 unspecified atom stereocenters. The van der Waals surface area contributed by atoms with E-state index in [-0.39, 0.29) is 29.7 Å². The maximum atomic E-state index is 13.1. The number of rotatable bonds is 6. The molecule has 1 N–H and O–H groups in total. The molecule has 0 bridgehead atoms. The molecule has 2 atom stereocenters. The van der Waals surface area contributed by atoms with Crippen LogP contribution in [0.15, 0.2) is 24.3 Å². The molecule has 1 heterocycles. The summed E-state index contributed by atoms with van der Waals surface area (Å²) in [5.41, 5.74) is 0.135. The minimum absolute atomic E-state index is 0.104. The highest BCUT2D eigenvalue weighted by Gasteiger charge is 2.52. The Labute approximate surface area is 203 Å². The first-order valence-corrected chi connectivity index (χ1v) is 12.1. The maximum Gasteiger partial charge on any atom is 0.410 e. The van der Waals surface area contributed by atoms with Gasteiger partial charge in [-0.15, -0.1) is 0 Å². The number of benzene rings is 1. The van der Waals surface area contributed by atoms with Gasteiger partial charge < -0.3 is 24.2 Å². The molecule has 2 fully saturated rings. The first-order valence-electron chi connectivity index (χ1n) is 12.1. The van der Waals surface area contributed by atoms with E-state index in [4.69, 9.17) is 14.2 Å². The monoisotopic (exact) mass is 476 g/mol. The quantitative estimate of drug-likeness (QED) is 0.630. The largest absolute Gasteiger partial charge is 0.497 e. The van der Waals surface area contributed by atoms with Crippen LogP contribution in [0.1, 0.15) is 58.4 Å². The van der Waals surface area contributed by atoms with E-state index in [1.807, 2.05) is 45.0 Å². The molecule has 190 valence electrons. The highest BCUT2D eigenvalue weighted by atomic mass is 16.6. The number of amides is 1. The molecular weight excluding hydrogens is 436 g/mol. The molecule has 1 amide bonds. The molecule has 34 heavy (non-hydrogen) atoms. The first-order chi connectivity index (χ1) is 16.0. The summed E-state index contributed by atoms with van der Waals surface area (Å²) in [6, 6.07) is 7.11. The van der Waals surface area contributed by atoms with Crippen LogP contribution in [0, 0.1) is 0 Å². The van der Waals surface area contributed by atoms with Crippen molar-refractivity contribution in [2.45, 2.75) is 88.6 Å². The second kappa shape index (κ2) is 10.5. The Hall–Kier alpha value is -2.32. The molecule has 1 saturated carbocycles. The Kier molecular flexibility index (Phi) is 8.14. The van der Waals surface area contributed by atoms with E-state index in [1.54, 1.807) is 19.1 Å². The number of hydrogen-bond acceptors (Lipinski definition) is 7. The Morgan fingerprint density at radius 2 is 1.79 bits per heavy atom. The molecule has 3 rings (SSSR count). The van der Waals surface area contributed by atoms with E-state index in [1.165, 1.54) is 7.11 Å². The minimum atomic E-state index is -0.584. The van der Waals surface area contributed by atoms with Gasteiger partial charge in [0.25, 0.3) is 0 Å². The second-order valence-corrected chi connectivity index (χ2v) is 10.6. The number of likely N-dealkylation sites (tertiary alicyclic amines) is 1. The Balaban J connectivity index is 1.89. The van der Waals surface area contributed by atoms with Crippen molar-refractivity contribution in [3.05, 3.63) is 29.8 Å². The highest BCUT2D eigenvalue weighted by Crippen LogP contribution is 2.45. The molecule has 1 aliphatic carbocycles. The minimum Gasteiger partial charge on any atom is -0.497 e. The van der Waals surface area contributed by atoms with E-state index in [9.17, 15) is 14.7 Å². The fourth-order valence-corrected chi connectivity index (χ4v) is 5.31. The Morgan fingerprint density at radius 1 is 1.18 bits per heavy atom. The van der Waals surface area contributed by atoms with Gasteiger partial charge in [0.05, 0.1) is 20.3 Å². The zero-order valence-electron chi connectivity index (χ0n) is 21.4. The predicted molar refractivity (Wildman–Crippen MR) is 129 cm³/mol. The molecule has 8 heteroatoms. The lowest BCUT2D eigenvalue weighted by atomic mass is 9.77.